The van der Waals surface area contributed by atoms with Gasteiger partial charge in [-0.25, -0.2) is 0 Å². The minimum absolute atomic E-state index is 0.0260. The minimum Gasteiger partial charge on any atom is -0.370 e. The highest BCUT2D eigenvalue weighted by atomic mass is 16.5. The Hall–Kier alpha value is -2.74. The summed E-state index contributed by atoms with van der Waals surface area (Å²) in [6.45, 7) is 1.63. The Morgan fingerprint density at radius 2 is 2.28 bits per heavy atom. The topological polar surface area (TPSA) is 100 Å². The van der Waals surface area contributed by atoms with E-state index in [1.165, 1.54) is 0 Å². The van der Waals surface area contributed by atoms with E-state index in [0.29, 0.717) is 18.9 Å². The number of ether oxygens (including phenoxy) is 1. The number of H-pyrrole nitrogens is 1. The fourth-order valence-electron chi connectivity index (χ4n) is 3.19. The lowest BCUT2D eigenvalue weighted by atomic mass is 10.1. The molecule has 3 heterocycles. The van der Waals surface area contributed by atoms with Crippen molar-refractivity contribution >= 4 is 17.8 Å². The number of carbonyl (C=O) groups excluding carboxylic acids is 2. The summed E-state index contributed by atoms with van der Waals surface area (Å²) in [5, 5.41) is 9.46. The van der Waals surface area contributed by atoms with Gasteiger partial charge in [0.25, 0.3) is 5.91 Å². The Labute approximate surface area is 144 Å². The SMILES string of the molecule is O=C(CCN1Cc2ccccc2C1=O)Nc1n[nH]c([C@@H]2CCCO2)n1. The molecule has 25 heavy (non-hydrogen) atoms. The molecule has 4 rings (SSSR count). The number of benzene rings is 1. The number of aromatic nitrogens is 3. The molecule has 1 atom stereocenters. The maximum atomic E-state index is 12.3. The standard InChI is InChI=1S/C17H19N5O3/c23-14(18-17-19-15(20-21-17)13-6-3-9-25-13)7-8-22-10-11-4-1-2-5-12(11)16(22)24/h1-2,4-5,13H,3,6-10H2,(H2,18,19,20,21,23)/t13-/m0/s1. The number of carbonyl (C=O) groups is 2. The van der Waals surface area contributed by atoms with E-state index in [4.69, 9.17) is 4.74 Å². The van der Waals surface area contributed by atoms with Gasteiger partial charge in [-0.1, -0.05) is 18.2 Å². The van der Waals surface area contributed by atoms with Gasteiger partial charge >= 0.3 is 0 Å². The molecule has 2 aliphatic heterocycles. The fourth-order valence-corrected chi connectivity index (χ4v) is 3.19. The van der Waals surface area contributed by atoms with E-state index in [9.17, 15) is 9.59 Å². The summed E-state index contributed by atoms with van der Waals surface area (Å²) in [6, 6.07) is 7.52. The van der Waals surface area contributed by atoms with E-state index < -0.39 is 0 Å². The first-order valence-corrected chi connectivity index (χ1v) is 8.41. The molecule has 2 aliphatic rings. The van der Waals surface area contributed by atoms with Crippen LogP contribution in [-0.4, -0.2) is 45.0 Å². The van der Waals surface area contributed by atoms with Gasteiger partial charge in [0.15, 0.2) is 5.82 Å². The van der Waals surface area contributed by atoms with Gasteiger partial charge in [-0.15, -0.1) is 5.10 Å². The molecule has 1 saturated heterocycles. The third-order valence-corrected chi connectivity index (χ3v) is 4.49. The molecule has 0 radical (unpaired) electrons. The number of nitrogens with zero attached hydrogens (tertiary/aromatic N) is 3. The van der Waals surface area contributed by atoms with Crippen molar-refractivity contribution in [2.24, 2.45) is 0 Å². The Morgan fingerprint density at radius 3 is 3.08 bits per heavy atom. The van der Waals surface area contributed by atoms with Crippen LogP contribution in [0.15, 0.2) is 24.3 Å². The molecule has 0 spiro atoms. The Kier molecular flexibility index (Phi) is 4.19. The summed E-state index contributed by atoms with van der Waals surface area (Å²) >= 11 is 0. The van der Waals surface area contributed by atoms with Gasteiger partial charge in [-0.2, -0.15) is 4.98 Å². The van der Waals surface area contributed by atoms with Crippen LogP contribution < -0.4 is 5.32 Å². The number of aromatic amines is 1. The molecule has 8 nitrogen and oxygen atoms in total. The van der Waals surface area contributed by atoms with Gasteiger partial charge in [0, 0.05) is 31.7 Å². The molecule has 2 N–H and O–H groups in total. The van der Waals surface area contributed by atoms with Crippen LogP contribution in [0.5, 0.6) is 0 Å². The molecule has 1 aromatic heterocycles. The highest BCUT2D eigenvalue weighted by Crippen LogP contribution is 2.26. The molecule has 0 bridgehead atoms. The lowest BCUT2D eigenvalue weighted by Gasteiger charge is -2.14. The maximum Gasteiger partial charge on any atom is 0.254 e. The molecule has 0 aliphatic carbocycles. The van der Waals surface area contributed by atoms with Gasteiger partial charge in [0.05, 0.1) is 0 Å². The van der Waals surface area contributed by atoms with Crippen molar-refractivity contribution in [1.29, 1.82) is 0 Å². The third kappa shape index (κ3) is 3.25. The zero-order chi connectivity index (χ0) is 17.2. The molecule has 1 aromatic carbocycles. The summed E-state index contributed by atoms with van der Waals surface area (Å²) in [7, 11) is 0. The highest BCUT2D eigenvalue weighted by molar-refractivity contribution is 5.98. The summed E-state index contributed by atoms with van der Waals surface area (Å²) in [4.78, 5) is 30.3. The zero-order valence-electron chi connectivity index (χ0n) is 13.7. The average Bonchev–Trinajstić information content (AvgIpc) is 3.34. The van der Waals surface area contributed by atoms with Crippen LogP contribution in [-0.2, 0) is 16.1 Å². The first kappa shape index (κ1) is 15.8. The van der Waals surface area contributed by atoms with E-state index >= 15 is 0 Å². The summed E-state index contributed by atoms with van der Waals surface area (Å²) in [5.41, 5.74) is 1.72. The molecule has 2 amide bonds. The smallest absolute Gasteiger partial charge is 0.254 e. The second-order valence-electron chi connectivity index (χ2n) is 6.23. The van der Waals surface area contributed by atoms with Crippen molar-refractivity contribution in [1.82, 2.24) is 20.1 Å². The molecular formula is C17H19N5O3. The second kappa shape index (κ2) is 6.64. The van der Waals surface area contributed by atoms with Crippen LogP contribution in [0, 0.1) is 0 Å². The van der Waals surface area contributed by atoms with E-state index in [1.807, 2.05) is 24.3 Å². The van der Waals surface area contributed by atoms with E-state index in [1.54, 1.807) is 4.90 Å². The normalized spacial score (nSPS) is 19.3. The van der Waals surface area contributed by atoms with Crippen LogP contribution in [0.3, 0.4) is 0 Å². The van der Waals surface area contributed by atoms with E-state index in [0.717, 1.165) is 30.6 Å². The van der Waals surface area contributed by atoms with Gasteiger partial charge in [-0.3, -0.25) is 20.0 Å². The highest BCUT2D eigenvalue weighted by Gasteiger charge is 2.27. The molecular weight excluding hydrogens is 322 g/mol. The molecule has 8 heteroatoms. The summed E-state index contributed by atoms with van der Waals surface area (Å²) in [5.74, 6) is 0.633. The molecule has 0 saturated carbocycles. The lowest BCUT2D eigenvalue weighted by molar-refractivity contribution is -0.116. The first-order chi connectivity index (χ1) is 12.2. The Morgan fingerprint density at radius 1 is 1.40 bits per heavy atom. The number of amides is 2. The van der Waals surface area contributed by atoms with Crippen LogP contribution in [0.4, 0.5) is 5.95 Å². The number of nitrogens with one attached hydrogen (secondary N) is 2. The van der Waals surface area contributed by atoms with Crippen molar-refractivity contribution in [2.75, 3.05) is 18.5 Å². The zero-order valence-corrected chi connectivity index (χ0v) is 13.7. The Balaban J connectivity index is 1.29. The predicted molar refractivity (Wildman–Crippen MR) is 88.7 cm³/mol. The lowest BCUT2D eigenvalue weighted by Crippen LogP contribution is -2.28. The summed E-state index contributed by atoms with van der Waals surface area (Å²) < 4.78 is 5.52. The van der Waals surface area contributed by atoms with Crippen LogP contribution >= 0.6 is 0 Å². The molecule has 1 fully saturated rings. The van der Waals surface area contributed by atoms with E-state index in [-0.39, 0.29) is 30.3 Å². The number of fused-ring (bicyclic) bond motifs is 1. The number of rotatable bonds is 5. The maximum absolute atomic E-state index is 12.3. The van der Waals surface area contributed by atoms with Crippen LogP contribution in [0.1, 0.15) is 47.1 Å². The second-order valence-corrected chi connectivity index (χ2v) is 6.23. The average molecular weight is 341 g/mol. The minimum atomic E-state index is -0.221. The number of anilines is 1. The van der Waals surface area contributed by atoms with Gasteiger partial charge < -0.3 is 9.64 Å². The fraction of sp³-hybridized carbons (Fsp3) is 0.412. The largest absolute Gasteiger partial charge is 0.370 e. The molecule has 130 valence electrons. The van der Waals surface area contributed by atoms with Gasteiger partial charge in [0.1, 0.15) is 6.10 Å². The predicted octanol–water partition coefficient (Wildman–Crippen LogP) is 1.64. The van der Waals surface area contributed by atoms with Crippen molar-refractivity contribution in [2.45, 2.75) is 31.9 Å². The van der Waals surface area contributed by atoms with Crippen LogP contribution in [0.2, 0.25) is 0 Å². The first-order valence-electron chi connectivity index (χ1n) is 8.41. The van der Waals surface area contributed by atoms with Crippen molar-refractivity contribution in [3.8, 4) is 0 Å². The quantitative estimate of drug-likeness (QED) is 0.861. The number of hydrogen-bond acceptors (Lipinski definition) is 5. The summed E-state index contributed by atoms with van der Waals surface area (Å²) in [6.07, 6.45) is 2.03. The van der Waals surface area contributed by atoms with Crippen LogP contribution in [0.25, 0.3) is 0 Å². The third-order valence-electron chi connectivity index (χ3n) is 4.49. The number of hydrogen-bond donors (Lipinski definition) is 2. The molecule has 0 unspecified atom stereocenters. The van der Waals surface area contributed by atoms with Gasteiger partial charge in [-0.05, 0) is 24.5 Å². The van der Waals surface area contributed by atoms with Gasteiger partial charge in [0.2, 0.25) is 11.9 Å². The monoisotopic (exact) mass is 341 g/mol. The van der Waals surface area contributed by atoms with E-state index in [2.05, 4.69) is 20.5 Å². The Bertz CT molecular complexity index is 797. The van der Waals surface area contributed by atoms with Crippen molar-refractivity contribution in [3.05, 3.63) is 41.2 Å². The van der Waals surface area contributed by atoms with Crippen molar-refractivity contribution in [3.63, 3.8) is 0 Å². The van der Waals surface area contributed by atoms with Crippen molar-refractivity contribution < 1.29 is 14.3 Å². The molecule has 2 aromatic rings.